The topological polar surface area (TPSA) is 167 Å². The molecule has 2 unspecified atom stereocenters. The van der Waals surface area contributed by atoms with E-state index in [0.29, 0.717) is 42.5 Å². The number of ether oxygens (including phenoxy) is 2. The van der Waals surface area contributed by atoms with Gasteiger partial charge in [-0.1, -0.05) is 17.7 Å². The van der Waals surface area contributed by atoms with Gasteiger partial charge in [0.15, 0.2) is 0 Å². The van der Waals surface area contributed by atoms with Crippen LogP contribution in [0.2, 0.25) is 0 Å². The number of aryl methyl sites for hydroxylation is 1. The molecule has 1 spiro atoms. The number of aliphatic hydroxyl groups is 1. The van der Waals surface area contributed by atoms with Gasteiger partial charge < -0.3 is 25.0 Å². The third-order valence-electron chi connectivity index (χ3n) is 7.89. The van der Waals surface area contributed by atoms with E-state index in [0.717, 1.165) is 5.56 Å². The fraction of sp³-hybridized carbons (Fsp3) is 0.464. The van der Waals surface area contributed by atoms with Crippen LogP contribution in [0.15, 0.2) is 58.5 Å². The summed E-state index contributed by atoms with van der Waals surface area (Å²) in [5.74, 6) is 0.0433. The van der Waals surface area contributed by atoms with Gasteiger partial charge in [0.05, 0.1) is 28.8 Å². The lowest BCUT2D eigenvalue weighted by atomic mass is 9.88. The first-order valence-corrected chi connectivity index (χ1v) is 16.7. The molecule has 4 N–H and O–H groups in total. The van der Waals surface area contributed by atoms with Crippen LogP contribution >= 0.6 is 0 Å². The minimum absolute atomic E-state index is 0.0242. The molecular formula is C28H36N4O8S2. The largest absolute Gasteiger partial charge is 0.506 e. The Balaban J connectivity index is 1.12. The molecule has 42 heavy (non-hydrogen) atoms. The molecule has 3 heterocycles. The van der Waals surface area contributed by atoms with Gasteiger partial charge in [-0.3, -0.25) is 4.98 Å². The van der Waals surface area contributed by atoms with Crippen LogP contribution in [-0.4, -0.2) is 94.0 Å². The van der Waals surface area contributed by atoms with Crippen LogP contribution in [0.25, 0.3) is 10.9 Å². The van der Waals surface area contributed by atoms with Crippen LogP contribution in [0.1, 0.15) is 24.8 Å². The van der Waals surface area contributed by atoms with E-state index in [1.54, 1.807) is 24.3 Å². The maximum Gasteiger partial charge on any atom is 0.248 e. The molecule has 12 nitrogen and oxygen atoms in total. The molecule has 5 rings (SSSR count). The van der Waals surface area contributed by atoms with Crippen molar-refractivity contribution in [3.63, 3.8) is 0 Å². The minimum atomic E-state index is -3.95. The summed E-state index contributed by atoms with van der Waals surface area (Å²) >= 11 is 0. The zero-order valence-corrected chi connectivity index (χ0v) is 25.1. The zero-order valence-electron chi connectivity index (χ0n) is 23.5. The number of piperidine rings is 1. The van der Waals surface area contributed by atoms with Gasteiger partial charge in [0, 0.05) is 37.1 Å². The van der Waals surface area contributed by atoms with Gasteiger partial charge in [0.1, 0.15) is 29.1 Å². The highest BCUT2D eigenvalue weighted by Gasteiger charge is 2.45. The van der Waals surface area contributed by atoms with Crippen molar-refractivity contribution >= 4 is 30.9 Å². The first-order valence-electron chi connectivity index (χ1n) is 13.7. The van der Waals surface area contributed by atoms with Crippen molar-refractivity contribution in [2.24, 2.45) is 0 Å². The number of aromatic nitrogens is 1. The van der Waals surface area contributed by atoms with E-state index in [4.69, 9.17) is 9.47 Å². The predicted molar refractivity (Wildman–Crippen MR) is 155 cm³/mol. The second-order valence-electron chi connectivity index (χ2n) is 10.8. The van der Waals surface area contributed by atoms with Crippen molar-refractivity contribution in [2.45, 2.75) is 53.7 Å². The Morgan fingerprint density at radius 2 is 1.93 bits per heavy atom. The first kappa shape index (κ1) is 30.6. The monoisotopic (exact) mass is 620 g/mol. The van der Waals surface area contributed by atoms with Crippen LogP contribution in [0.4, 0.5) is 0 Å². The lowest BCUT2D eigenvalue weighted by molar-refractivity contribution is -0.0312. The summed E-state index contributed by atoms with van der Waals surface area (Å²) in [6.45, 7) is 3.01. The van der Waals surface area contributed by atoms with Crippen LogP contribution in [0.5, 0.6) is 11.5 Å². The molecule has 14 heteroatoms. The van der Waals surface area contributed by atoms with E-state index in [-0.39, 0.29) is 47.8 Å². The summed E-state index contributed by atoms with van der Waals surface area (Å²) < 4.78 is 66.2. The lowest BCUT2D eigenvalue weighted by Crippen LogP contribution is -2.47. The third-order valence-corrected chi connectivity index (χ3v) is 11.2. The van der Waals surface area contributed by atoms with Gasteiger partial charge in [-0.25, -0.2) is 21.6 Å². The molecule has 2 fully saturated rings. The van der Waals surface area contributed by atoms with Crippen molar-refractivity contribution in [2.75, 3.05) is 39.9 Å². The Bertz CT molecular complexity index is 1660. The highest BCUT2D eigenvalue weighted by molar-refractivity contribution is 7.89. The first-order chi connectivity index (χ1) is 19.9. The van der Waals surface area contributed by atoms with Gasteiger partial charge in [-0.15, -0.1) is 0 Å². The van der Waals surface area contributed by atoms with E-state index in [1.807, 2.05) is 13.0 Å². The van der Waals surface area contributed by atoms with Crippen molar-refractivity contribution in [1.29, 1.82) is 0 Å². The molecular weight excluding hydrogens is 584 g/mol. The van der Waals surface area contributed by atoms with E-state index >= 15 is 0 Å². The standard InChI is InChI=1S/C28H36N4O8S2/c1-19-6-7-25-24(12-19)27(34)26(16-31-25)42(37,38)32-10-8-28(9-11-32)14-20(17-40-28)30-15-21(33)18-39-22-4-3-5-23(13-22)41(35,36)29-2/h3-7,12-13,16,20-21,29-30,33H,8-11,14-15,17-18H2,1-2H3,(H,31,34). The number of benzene rings is 2. The molecule has 0 aliphatic carbocycles. The fourth-order valence-corrected chi connectivity index (χ4v) is 7.71. The summed E-state index contributed by atoms with van der Waals surface area (Å²) in [5.41, 5.74) is 0.951. The molecule has 2 aliphatic heterocycles. The van der Waals surface area contributed by atoms with E-state index in [1.165, 1.54) is 29.7 Å². The summed E-state index contributed by atoms with van der Waals surface area (Å²) in [6, 6.07) is 11.3. The van der Waals surface area contributed by atoms with Crippen LogP contribution < -0.4 is 14.8 Å². The van der Waals surface area contributed by atoms with Crippen molar-refractivity contribution in [3.05, 3.63) is 54.2 Å². The quantitative estimate of drug-likeness (QED) is 0.261. The van der Waals surface area contributed by atoms with Gasteiger partial charge in [0.25, 0.3) is 0 Å². The minimum Gasteiger partial charge on any atom is -0.506 e. The maximum atomic E-state index is 13.4. The van der Waals surface area contributed by atoms with Gasteiger partial charge in [-0.2, -0.15) is 4.31 Å². The summed E-state index contributed by atoms with van der Waals surface area (Å²) in [6.07, 6.45) is 2.05. The number of nitrogens with zero attached hydrogens (tertiary/aromatic N) is 2. The van der Waals surface area contributed by atoms with Crippen LogP contribution in [-0.2, 0) is 24.8 Å². The van der Waals surface area contributed by atoms with Crippen LogP contribution in [0, 0.1) is 6.92 Å². The number of hydrogen-bond donors (Lipinski definition) is 4. The van der Waals surface area contributed by atoms with Gasteiger partial charge in [0.2, 0.25) is 20.0 Å². The second kappa shape index (κ2) is 12.0. The molecule has 1 aromatic heterocycles. The Morgan fingerprint density at radius 3 is 2.67 bits per heavy atom. The zero-order chi connectivity index (χ0) is 30.1. The highest BCUT2D eigenvalue weighted by atomic mass is 32.2. The fourth-order valence-electron chi connectivity index (χ4n) is 5.46. The van der Waals surface area contributed by atoms with Crippen molar-refractivity contribution < 1.29 is 36.5 Å². The summed E-state index contributed by atoms with van der Waals surface area (Å²) in [4.78, 5) is 4.13. The second-order valence-corrected chi connectivity index (χ2v) is 14.6. The molecule has 228 valence electrons. The maximum absolute atomic E-state index is 13.4. The molecule has 0 amide bonds. The van der Waals surface area contributed by atoms with Crippen LogP contribution in [0.3, 0.4) is 0 Å². The van der Waals surface area contributed by atoms with E-state index in [2.05, 4.69) is 15.0 Å². The number of sulfonamides is 2. The third kappa shape index (κ3) is 6.39. The van der Waals surface area contributed by atoms with Crippen molar-refractivity contribution in [1.82, 2.24) is 19.3 Å². The lowest BCUT2D eigenvalue weighted by Gasteiger charge is -2.38. The Kier molecular flexibility index (Phi) is 8.77. The Morgan fingerprint density at radius 1 is 1.17 bits per heavy atom. The molecule has 2 atom stereocenters. The number of hydrogen-bond acceptors (Lipinski definition) is 10. The SMILES string of the molecule is CNS(=O)(=O)c1cccc(OCC(O)CNC2COC3(CCN(S(=O)(=O)c4cnc5ccc(C)cc5c4O)CC3)C2)c1. The Labute approximate surface area is 245 Å². The number of aromatic hydroxyl groups is 1. The normalized spacial score (nSPS) is 20.2. The molecule has 2 aliphatic rings. The number of rotatable bonds is 10. The molecule has 2 aromatic carbocycles. The Hall–Kier alpha value is -2.85. The van der Waals surface area contributed by atoms with E-state index < -0.39 is 31.8 Å². The number of fused-ring (bicyclic) bond motifs is 1. The molecule has 0 bridgehead atoms. The number of pyridine rings is 1. The average Bonchev–Trinajstić information content (AvgIpc) is 3.37. The van der Waals surface area contributed by atoms with Gasteiger partial charge in [-0.05, 0) is 57.5 Å². The number of aliphatic hydroxyl groups excluding tert-OH is 1. The average molecular weight is 621 g/mol. The summed E-state index contributed by atoms with van der Waals surface area (Å²) in [7, 11) is -6.22. The van der Waals surface area contributed by atoms with Crippen molar-refractivity contribution in [3.8, 4) is 11.5 Å². The molecule has 3 aromatic rings. The highest BCUT2D eigenvalue weighted by Crippen LogP contribution is 2.39. The molecule has 0 radical (unpaired) electrons. The van der Waals surface area contributed by atoms with Gasteiger partial charge >= 0.3 is 0 Å². The predicted octanol–water partition coefficient (Wildman–Crippen LogP) is 1.50. The smallest absolute Gasteiger partial charge is 0.248 e. The molecule has 2 saturated heterocycles. The van der Waals surface area contributed by atoms with E-state index in [9.17, 15) is 27.0 Å². The number of nitrogens with one attached hydrogen (secondary N) is 2. The molecule has 0 saturated carbocycles. The summed E-state index contributed by atoms with van der Waals surface area (Å²) in [5, 5.41) is 24.9.